The topological polar surface area (TPSA) is 66.6 Å². The molecule has 0 spiro atoms. The summed E-state index contributed by atoms with van der Waals surface area (Å²) in [5.74, 6) is -0.184. The fraction of sp³-hybridized carbons (Fsp3) is 0.533. The van der Waals surface area contributed by atoms with Gasteiger partial charge in [-0.15, -0.1) is 0 Å². The molecule has 0 heterocycles. The molecule has 1 aliphatic rings. The molecule has 1 saturated carbocycles. The molecule has 104 valence electrons. The molecular weight excluding hydrogens is 240 g/mol. The van der Waals surface area contributed by atoms with Gasteiger partial charge in [0.15, 0.2) is 0 Å². The van der Waals surface area contributed by atoms with E-state index in [0.29, 0.717) is 17.3 Å². The van der Waals surface area contributed by atoms with Gasteiger partial charge in [0.05, 0.1) is 16.9 Å². The van der Waals surface area contributed by atoms with E-state index >= 15 is 0 Å². The molecule has 1 aromatic rings. The van der Waals surface area contributed by atoms with Crippen molar-refractivity contribution in [2.45, 2.75) is 38.6 Å². The van der Waals surface area contributed by atoms with E-state index in [1.165, 1.54) is 12.8 Å². The zero-order valence-electron chi connectivity index (χ0n) is 11.6. The summed E-state index contributed by atoms with van der Waals surface area (Å²) in [7, 11) is 2.01. The van der Waals surface area contributed by atoms with Crippen LogP contribution in [-0.2, 0) is 0 Å². The molecule has 0 saturated heterocycles. The van der Waals surface area contributed by atoms with Crippen LogP contribution >= 0.6 is 0 Å². The monoisotopic (exact) mass is 262 g/mol. The average Bonchev–Trinajstić information content (AvgIpc) is 2.38. The van der Waals surface area contributed by atoms with Crippen LogP contribution in [0.5, 0.6) is 0 Å². The molecule has 1 aliphatic carbocycles. The van der Waals surface area contributed by atoms with Crippen molar-refractivity contribution in [2.24, 2.45) is 5.92 Å². The number of nitrogen functional groups attached to an aromatic ring is 1. The summed E-state index contributed by atoms with van der Waals surface area (Å²) in [5.41, 5.74) is 7.77. The van der Waals surface area contributed by atoms with Crippen molar-refractivity contribution in [2.75, 3.05) is 17.7 Å². The first-order valence-corrected chi connectivity index (χ1v) is 6.84. The molecule has 0 radical (unpaired) electrons. The van der Waals surface area contributed by atoms with Crippen molar-refractivity contribution in [3.63, 3.8) is 0 Å². The number of carbonyl (C=O) groups is 1. The van der Waals surface area contributed by atoms with Crippen LogP contribution in [-0.4, -0.2) is 24.2 Å². The lowest BCUT2D eigenvalue weighted by Gasteiger charge is -2.36. The Labute approximate surface area is 114 Å². The van der Waals surface area contributed by atoms with E-state index in [2.05, 4.69) is 11.8 Å². The van der Waals surface area contributed by atoms with Gasteiger partial charge in [-0.3, -0.25) is 0 Å². The molecule has 0 bridgehead atoms. The van der Waals surface area contributed by atoms with Crippen LogP contribution in [0.4, 0.5) is 11.4 Å². The highest BCUT2D eigenvalue weighted by molar-refractivity contribution is 5.90. The maximum Gasteiger partial charge on any atom is 0.335 e. The lowest BCUT2D eigenvalue weighted by molar-refractivity contribution is 0.0697. The summed E-state index contributed by atoms with van der Waals surface area (Å²) < 4.78 is 0. The Morgan fingerprint density at radius 1 is 1.42 bits per heavy atom. The van der Waals surface area contributed by atoms with Crippen molar-refractivity contribution in [1.82, 2.24) is 0 Å². The Hall–Kier alpha value is -1.71. The molecular formula is C15H22N2O2. The Morgan fingerprint density at radius 3 is 2.79 bits per heavy atom. The first-order chi connectivity index (χ1) is 8.99. The minimum atomic E-state index is -0.910. The molecule has 4 heteroatoms. The second-order valence-corrected chi connectivity index (χ2v) is 5.62. The van der Waals surface area contributed by atoms with Crippen molar-refractivity contribution in [3.05, 3.63) is 23.8 Å². The molecule has 1 fully saturated rings. The molecule has 0 aromatic heterocycles. The quantitative estimate of drug-likeness (QED) is 0.822. The standard InChI is InChI=1S/C15H22N2O2/c1-10-4-3-5-12(8-10)17(2)14-9-11(15(18)19)6-7-13(14)16/h6-7,9-10,12H,3-5,8,16H2,1-2H3,(H,18,19). The Morgan fingerprint density at radius 2 is 2.16 bits per heavy atom. The van der Waals surface area contributed by atoms with Gasteiger partial charge in [0.25, 0.3) is 0 Å². The van der Waals surface area contributed by atoms with E-state index in [1.807, 2.05) is 7.05 Å². The summed E-state index contributed by atoms with van der Waals surface area (Å²) in [5, 5.41) is 9.07. The van der Waals surface area contributed by atoms with E-state index < -0.39 is 5.97 Å². The average molecular weight is 262 g/mol. The molecule has 4 nitrogen and oxygen atoms in total. The van der Waals surface area contributed by atoms with Crippen molar-refractivity contribution < 1.29 is 9.90 Å². The minimum Gasteiger partial charge on any atom is -0.478 e. The number of carboxylic acids is 1. The number of anilines is 2. The molecule has 2 atom stereocenters. The van der Waals surface area contributed by atoms with Crippen LogP contribution in [0.3, 0.4) is 0 Å². The largest absolute Gasteiger partial charge is 0.478 e. The number of nitrogens with zero attached hydrogens (tertiary/aromatic N) is 1. The predicted octanol–water partition coefficient (Wildman–Crippen LogP) is 2.98. The number of nitrogens with two attached hydrogens (primary N) is 1. The first kappa shape index (κ1) is 13.7. The lowest BCUT2D eigenvalue weighted by atomic mass is 9.86. The van der Waals surface area contributed by atoms with Crippen LogP contribution in [0.1, 0.15) is 43.0 Å². The summed E-state index contributed by atoms with van der Waals surface area (Å²) in [6.45, 7) is 2.27. The van der Waals surface area contributed by atoms with Gasteiger partial charge in [0, 0.05) is 13.1 Å². The third kappa shape index (κ3) is 3.00. The van der Waals surface area contributed by atoms with Gasteiger partial charge in [-0.1, -0.05) is 19.8 Å². The number of rotatable bonds is 3. The third-order valence-corrected chi connectivity index (χ3v) is 4.11. The van der Waals surface area contributed by atoms with Gasteiger partial charge in [-0.05, 0) is 37.0 Å². The highest BCUT2D eigenvalue weighted by Crippen LogP contribution is 2.32. The molecule has 0 aliphatic heterocycles. The van der Waals surface area contributed by atoms with Gasteiger partial charge in [-0.25, -0.2) is 4.79 Å². The van der Waals surface area contributed by atoms with Gasteiger partial charge in [-0.2, -0.15) is 0 Å². The normalized spacial score (nSPS) is 23.1. The molecule has 19 heavy (non-hydrogen) atoms. The zero-order chi connectivity index (χ0) is 14.0. The third-order valence-electron chi connectivity index (χ3n) is 4.11. The fourth-order valence-corrected chi connectivity index (χ4v) is 2.93. The van der Waals surface area contributed by atoms with Crippen LogP contribution in [0.15, 0.2) is 18.2 Å². The van der Waals surface area contributed by atoms with Gasteiger partial charge < -0.3 is 15.7 Å². The molecule has 2 unspecified atom stereocenters. The second-order valence-electron chi connectivity index (χ2n) is 5.62. The summed E-state index contributed by atoms with van der Waals surface area (Å²) in [6, 6.07) is 5.37. The van der Waals surface area contributed by atoms with E-state index in [-0.39, 0.29) is 0 Å². The maximum atomic E-state index is 11.1. The summed E-state index contributed by atoms with van der Waals surface area (Å²) in [6.07, 6.45) is 4.81. The number of hydrogen-bond donors (Lipinski definition) is 2. The van der Waals surface area contributed by atoms with Crippen LogP contribution in [0.25, 0.3) is 0 Å². The summed E-state index contributed by atoms with van der Waals surface area (Å²) in [4.78, 5) is 13.2. The van der Waals surface area contributed by atoms with E-state index in [1.54, 1.807) is 18.2 Å². The van der Waals surface area contributed by atoms with Crippen molar-refractivity contribution in [3.8, 4) is 0 Å². The number of carboxylic acid groups (broad SMARTS) is 1. The van der Waals surface area contributed by atoms with Crippen LogP contribution in [0, 0.1) is 5.92 Å². The number of benzene rings is 1. The lowest BCUT2D eigenvalue weighted by Crippen LogP contribution is -2.36. The van der Waals surface area contributed by atoms with Crippen LogP contribution in [0.2, 0.25) is 0 Å². The highest BCUT2D eigenvalue weighted by Gasteiger charge is 2.24. The van der Waals surface area contributed by atoms with Crippen molar-refractivity contribution >= 4 is 17.3 Å². The molecule has 0 amide bonds. The van der Waals surface area contributed by atoms with Gasteiger partial charge in [0.1, 0.15) is 0 Å². The number of aromatic carboxylic acids is 1. The molecule has 2 rings (SSSR count). The Bertz CT molecular complexity index is 473. The van der Waals surface area contributed by atoms with Crippen molar-refractivity contribution in [1.29, 1.82) is 0 Å². The molecule has 3 N–H and O–H groups in total. The number of hydrogen-bond acceptors (Lipinski definition) is 3. The SMILES string of the molecule is CC1CCCC(N(C)c2cc(C(=O)O)ccc2N)C1. The predicted molar refractivity (Wildman–Crippen MR) is 77.6 cm³/mol. The fourth-order valence-electron chi connectivity index (χ4n) is 2.93. The van der Waals surface area contributed by atoms with Gasteiger partial charge >= 0.3 is 5.97 Å². The smallest absolute Gasteiger partial charge is 0.335 e. The highest BCUT2D eigenvalue weighted by atomic mass is 16.4. The maximum absolute atomic E-state index is 11.1. The Kier molecular flexibility index (Phi) is 3.98. The van der Waals surface area contributed by atoms with E-state index in [4.69, 9.17) is 10.8 Å². The summed E-state index contributed by atoms with van der Waals surface area (Å²) >= 11 is 0. The van der Waals surface area contributed by atoms with Crippen LogP contribution < -0.4 is 10.6 Å². The van der Waals surface area contributed by atoms with E-state index in [0.717, 1.165) is 24.4 Å². The zero-order valence-corrected chi connectivity index (χ0v) is 11.6. The van der Waals surface area contributed by atoms with Gasteiger partial charge in [0.2, 0.25) is 0 Å². The van der Waals surface area contributed by atoms with E-state index in [9.17, 15) is 4.79 Å². The first-order valence-electron chi connectivity index (χ1n) is 6.84. The Balaban J connectivity index is 2.24. The minimum absolute atomic E-state index is 0.292. The molecule has 1 aromatic carbocycles. The second kappa shape index (κ2) is 5.51.